The summed E-state index contributed by atoms with van der Waals surface area (Å²) >= 11 is 12.0. The SMILES string of the molecule is O=C1CC(C(=O)Nc2ccc([N+](=O)[O-])cc2)c2c(nc(Nc3ccc(Cl)cc3Cl)[nH]c2=O)N1. The van der Waals surface area contributed by atoms with Crippen molar-refractivity contribution in [2.45, 2.75) is 12.3 Å². The van der Waals surface area contributed by atoms with Gasteiger partial charge in [0.1, 0.15) is 5.82 Å². The minimum Gasteiger partial charge on any atom is -0.326 e. The number of aromatic amines is 1. The van der Waals surface area contributed by atoms with Gasteiger partial charge >= 0.3 is 0 Å². The number of non-ortho nitro benzene ring substituents is 1. The van der Waals surface area contributed by atoms with Gasteiger partial charge in [0.25, 0.3) is 11.2 Å². The largest absolute Gasteiger partial charge is 0.326 e. The molecule has 2 aromatic carbocycles. The highest BCUT2D eigenvalue weighted by atomic mass is 35.5. The van der Waals surface area contributed by atoms with Gasteiger partial charge in [-0.3, -0.25) is 29.5 Å². The number of nitrogens with one attached hydrogen (secondary N) is 4. The molecule has 0 fully saturated rings. The summed E-state index contributed by atoms with van der Waals surface area (Å²) in [5.74, 6) is -2.31. The lowest BCUT2D eigenvalue weighted by Gasteiger charge is -2.23. The molecule has 4 N–H and O–H groups in total. The Hall–Kier alpha value is -3.96. The molecule has 0 radical (unpaired) electrons. The Morgan fingerprint density at radius 3 is 2.55 bits per heavy atom. The number of amides is 2. The molecule has 13 heteroatoms. The third kappa shape index (κ3) is 4.78. The third-order valence-electron chi connectivity index (χ3n) is 4.80. The molecule has 2 amide bonds. The van der Waals surface area contributed by atoms with E-state index in [0.717, 1.165) is 0 Å². The molecule has 1 atom stereocenters. The van der Waals surface area contributed by atoms with Crippen LogP contribution in [-0.2, 0) is 9.59 Å². The molecule has 0 saturated heterocycles. The van der Waals surface area contributed by atoms with Crippen molar-refractivity contribution in [1.29, 1.82) is 0 Å². The zero-order chi connectivity index (χ0) is 23.7. The first kappa shape index (κ1) is 22.2. The van der Waals surface area contributed by atoms with Gasteiger partial charge in [-0.15, -0.1) is 0 Å². The molecule has 4 rings (SSSR count). The van der Waals surface area contributed by atoms with Crippen molar-refractivity contribution >= 4 is 63.8 Å². The molecule has 33 heavy (non-hydrogen) atoms. The molecule has 3 aromatic rings. The Kier molecular flexibility index (Phi) is 5.99. The van der Waals surface area contributed by atoms with Crippen LogP contribution in [0.4, 0.5) is 28.8 Å². The maximum atomic E-state index is 12.8. The van der Waals surface area contributed by atoms with E-state index in [1.807, 2.05) is 0 Å². The number of aromatic nitrogens is 2. The number of anilines is 4. The van der Waals surface area contributed by atoms with Gasteiger partial charge in [0, 0.05) is 29.3 Å². The maximum absolute atomic E-state index is 12.8. The number of nitro benzene ring substituents is 1. The number of hydrogen-bond donors (Lipinski definition) is 4. The smallest absolute Gasteiger partial charge is 0.269 e. The van der Waals surface area contributed by atoms with Crippen molar-refractivity contribution in [3.05, 3.63) is 78.5 Å². The van der Waals surface area contributed by atoms with Crippen molar-refractivity contribution < 1.29 is 14.5 Å². The Morgan fingerprint density at radius 1 is 1.15 bits per heavy atom. The number of carbonyl (C=O) groups is 2. The van der Waals surface area contributed by atoms with Crippen molar-refractivity contribution in [2.75, 3.05) is 16.0 Å². The second-order valence-electron chi connectivity index (χ2n) is 7.02. The summed E-state index contributed by atoms with van der Waals surface area (Å²) in [6.45, 7) is 0. The summed E-state index contributed by atoms with van der Waals surface area (Å²) in [4.78, 5) is 54.8. The Bertz CT molecular complexity index is 1340. The first-order valence-electron chi connectivity index (χ1n) is 9.42. The molecule has 1 aromatic heterocycles. The summed E-state index contributed by atoms with van der Waals surface area (Å²) in [7, 11) is 0. The van der Waals surface area contributed by atoms with Gasteiger partial charge in [-0.2, -0.15) is 4.98 Å². The molecule has 168 valence electrons. The van der Waals surface area contributed by atoms with Crippen LogP contribution in [0.2, 0.25) is 10.0 Å². The Morgan fingerprint density at radius 2 is 1.88 bits per heavy atom. The van der Waals surface area contributed by atoms with Crippen molar-refractivity contribution in [2.24, 2.45) is 0 Å². The highest BCUT2D eigenvalue weighted by Gasteiger charge is 2.35. The second kappa shape index (κ2) is 8.88. The van der Waals surface area contributed by atoms with Crippen LogP contribution in [0.1, 0.15) is 17.9 Å². The van der Waals surface area contributed by atoms with Crippen molar-refractivity contribution in [1.82, 2.24) is 9.97 Å². The van der Waals surface area contributed by atoms with E-state index < -0.39 is 28.2 Å². The molecule has 0 spiro atoms. The molecular weight excluding hydrogens is 475 g/mol. The molecular formula is C20H14Cl2N6O5. The number of carbonyl (C=O) groups excluding carboxylic acids is 2. The van der Waals surface area contributed by atoms with Gasteiger partial charge in [0.15, 0.2) is 0 Å². The molecule has 0 aliphatic carbocycles. The van der Waals surface area contributed by atoms with Crippen LogP contribution in [-0.4, -0.2) is 26.7 Å². The van der Waals surface area contributed by atoms with Crippen LogP contribution < -0.4 is 21.5 Å². The Labute approximate surface area is 195 Å². The van der Waals surface area contributed by atoms with E-state index in [-0.39, 0.29) is 40.1 Å². The van der Waals surface area contributed by atoms with Gasteiger partial charge in [0.05, 0.1) is 27.1 Å². The molecule has 2 heterocycles. The van der Waals surface area contributed by atoms with Crippen LogP contribution >= 0.6 is 23.2 Å². The minimum atomic E-state index is -1.12. The van der Waals surface area contributed by atoms with E-state index in [0.29, 0.717) is 10.7 Å². The first-order chi connectivity index (χ1) is 15.7. The van der Waals surface area contributed by atoms with E-state index in [1.54, 1.807) is 12.1 Å². The predicted octanol–water partition coefficient (Wildman–Crippen LogP) is 3.79. The van der Waals surface area contributed by atoms with Crippen molar-refractivity contribution in [3.63, 3.8) is 0 Å². The monoisotopic (exact) mass is 488 g/mol. The number of H-pyrrole nitrogens is 1. The van der Waals surface area contributed by atoms with Gasteiger partial charge in [-0.05, 0) is 30.3 Å². The molecule has 11 nitrogen and oxygen atoms in total. The average Bonchev–Trinajstić information content (AvgIpc) is 2.75. The van der Waals surface area contributed by atoms with E-state index >= 15 is 0 Å². The van der Waals surface area contributed by atoms with Gasteiger partial charge < -0.3 is 16.0 Å². The molecule has 1 aliphatic heterocycles. The summed E-state index contributed by atoms with van der Waals surface area (Å²) in [6, 6.07) is 9.84. The standard InChI is InChI=1S/C20H14Cl2N6O5/c21-9-1-6-14(13(22)7-9)24-20-26-17-16(19(31)27-20)12(8-15(29)25-17)18(30)23-10-2-4-11(5-3-10)28(32)33/h1-7,12H,8H2,(H,23,30)(H3,24,25,26,27,29,31). The maximum Gasteiger partial charge on any atom is 0.269 e. The van der Waals surface area contributed by atoms with Gasteiger partial charge in [-0.1, -0.05) is 23.2 Å². The van der Waals surface area contributed by atoms with Crippen LogP contribution in [0.3, 0.4) is 0 Å². The van der Waals surface area contributed by atoms with Crippen LogP contribution in [0.5, 0.6) is 0 Å². The molecule has 1 aliphatic rings. The molecule has 0 saturated carbocycles. The zero-order valence-corrected chi connectivity index (χ0v) is 18.0. The number of halogens is 2. The van der Waals surface area contributed by atoms with Crippen LogP contribution in [0.15, 0.2) is 47.3 Å². The van der Waals surface area contributed by atoms with E-state index in [9.17, 15) is 24.5 Å². The van der Waals surface area contributed by atoms with E-state index in [2.05, 4.69) is 25.9 Å². The number of benzene rings is 2. The second-order valence-corrected chi connectivity index (χ2v) is 7.87. The van der Waals surface area contributed by atoms with E-state index in [4.69, 9.17) is 23.2 Å². The fourth-order valence-electron chi connectivity index (χ4n) is 3.27. The quantitative estimate of drug-likeness (QED) is 0.313. The zero-order valence-electron chi connectivity index (χ0n) is 16.5. The summed E-state index contributed by atoms with van der Waals surface area (Å²) in [5.41, 5.74) is -0.0907. The third-order valence-corrected chi connectivity index (χ3v) is 5.35. The molecule has 1 unspecified atom stereocenters. The number of fused-ring (bicyclic) bond motifs is 1. The number of nitro groups is 1. The van der Waals surface area contributed by atoms with Crippen LogP contribution in [0, 0.1) is 10.1 Å². The fourth-order valence-corrected chi connectivity index (χ4v) is 3.72. The Balaban J connectivity index is 1.61. The van der Waals surface area contributed by atoms with E-state index in [1.165, 1.54) is 30.3 Å². The molecule has 0 bridgehead atoms. The number of nitrogens with zero attached hydrogens (tertiary/aromatic N) is 2. The summed E-state index contributed by atoms with van der Waals surface area (Å²) in [5, 5.41) is 19.4. The number of rotatable bonds is 5. The summed E-state index contributed by atoms with van der Waals surface area (Å²) in [6.07, 6.45) is -0.271. The lowest BCUT2D eigenvalue weighted by Crippen LogP contribution is -2.36. The van der Waals surface area contributed by atoms with Crippen LogP contribution in [0.25, 0.3) is 0 Å². The average molecular weight is 489 g/mol. The number of hydrogen-bond acceptors (Lipinski definition) is 7. The van der Waals surface area contributed by atoms with Gasteiger partial charge in [-0.25, -0.2) is 0 Å². The fraction of sp³-hybridized carbons (Fsp3) is 0.100. The normalized spacial score (nSPS) is 14.7. The van der Waals surface area contributed by atoms with Gasteiger partial charge in [0.2, 0.25) is 17.8 Å². The minimum absolute atomic E-state index is 0.000278. The highest BCUT2D eigenvalue weighted by Crippen LogP contribution is 2.31. The lowest BCUT2D eigenvalue weighted by atomic mass is 9.92. The highest BCUT2D eigenvalue weighted by molar-refractivity contribution is 6.36. The van der Waals surface area contributed by atoms with Crippen molar-refractivity contribution in [3.8, 4) is 0 Å². The first-order valence-corrected chi connectivity index (χ1v) is 10.2. The lowest BCUT2D eigenvalue weighted by molar-refractivity contribution is -0.384. The topological polar surface area (TPSA) is 159 Å². The predicted molar refractivity (Wildman–Crippen MR) is 122 cm³/mol. The summed E-state index contributed by atoms with van der Waals surface area (Å²) < 4.78 is 0.